The van der Waals surface area contributed by atoms with Crippen LogP contribution in [0.3, 0.4) is 0 Å². The number of rotatable bonds is 6. The summed E-state index contributed by atoms with van der Waals surface area (Å²) in [6, 6.07) is 7.77. The smallest absolute Gasteiger partial charge is 0.317 e. The summed E-state index contributed by atoms with van der Waals surface area (Å²) >= 11 is 0. The zero-order valence-corrected chi connectivity index (χ0v) is 17.2. The number of carbonyl (C=O) groups is 1. The zero-order chi connectivity index (χ0) is 20.1. The average Bonchev–Trinajstić information content (AvgIpc) is 3.03. The highest BCUT2D eigenvalue weighted by molar-refractivity contribution is 5.74. The third-order valence-electron chi connectivity index (χ3n) is 5.33. The summed E-state index contributed by atoms with van der Waals surface area (Å²) < 4.78 is 12.7. The largest absolute Gasteiger partial charge is 0.493 e. The Morgan fingerprint density at radius 1 is 1.14 bits per heavy atom. The van der Waals surface area contributed by atoms with Crippen molar-refractivity contribution in [2.75, 3.05) is 27.3 Å². The molecule has 7 heteroatoms. The summed E-state index contributed by atoms with van der Waals surface area (Å²) in [4.78, 5) is 14.4. The van der Waals surface area contributed by atoms with E-state index in [0.29, 0.717) is 24.0 Å². The van der Waals surface area contributed by atoms with E-state index in [4.69, 9.17) is 9.47 Å². The summed E-state index contributed by atoms with van der Waals surface area (Å²) in [5, 5.41) is 7.56. The molecule has 152 valence electrons. The molecule has 1 aliphatic heterocycles. The van der Waals surface area contributed by atoms with E-state index < -0.39 is 0 Å². The Hall–Kier alpha value is -2.70. The standard InChI is InChI=1S/C21H30N4O3/c1-15-11-16(2)25(23-15)14-17-7-9-24(10-8-17)21(26)22-13-18-5-6-19(27-3)20(12-18)28-4/h5-6,11-12,17H,7-10,13-14H2,1-4H3,(H,22,26). The Balaban J connectivity index is 1.47. The van der Waals surface area contributed by atoms with Crippen LogP contribution in [0, 0.1) is 19.8 Å². The fourth-order valence-electron chi connectivity index (χ4n) is 3.70. The first-order chi connectivity index (χ1) is 13.5. The fraction of sp³-hybridized carbons (Fsp3) is 0.524. The first-order valence-corrected chi connectivity index (χ1v) is 9.75. The van der Waals surface area contributed by atoms with Crippen molar-refractivity contribution in [3.63, 3.8) is 0 Å². The van der Waals surface area contributed by atoms with E-state index >= 15 is 0 Å². The maximum absolute atomic E-state index is 12.5. The van der Waals surface area contributed by atoms with Crippen molar-refractivity contribution in [2.24, 2.45) is 5.92 Å². The van der Waals surface area contributed by atoms with Crippen LogP contribution in [0.25, 0.3) is 0 Å². The maximum Gasteiger partial charge on any atom is 0.317 e. The van der Waals surface area contributed by atoms with Crippen LogP contribution < -0.4 is 14.8 Å². The first-order valence-electron chi connectivity index (χ1n) is 9.75. The number of methoxy groups -OCH3 is 2. The van der Waals surface area contributed by atoms with E-state index in [0.717, 1.165) is 43.7 Å². The molecule has 1 aromatic carbocycles. The first kappa shape index (κ1) is 20.0. The Kier molecular flexibility index (Phi) is 6.44. The molecule has 0 saturated carbocycles. The third kappa shape index (κ3) is 4.77. The molecule has 0 bridgehead atoms. The van der Waals surface area contributed by atoms with E-state index in [9.17, 15) is 4.79 Å². The molecule has 0 unspecified atom stereocenters. The van der Waals surface area contributed by atoms with Gasteiger partial charge in [0.1, 0.15) is 0 Å². The van der Waals surface area contributed by atoms with Gasteiger partial charge in [-0.1, -0.05) is 6.07 Å². The van der Waals surface area contributed by atoms with Crippen molar-refractivity contribution in [3.8, 4) is 11.5 Å². The minimum atomic E-state index is -0.0145. The molecule has 0 radical (unpaired) electrons. The molecule has 7 nitrogen and oxygen atoms in total. The SMILES string of the molecule is COc1ccc(CNC(=O)N2CCC(Cn3nc(C)cc3C)CC2)cc1OC. The molecule has 0 aliphatic carbocycles. The molecule has 1 fully saturated rings. The number of urea groups is 1. The van der Waals surface area contributed by atoms with E-state index in [-0.39, 0.29) is 6.03 Å². The molecule has 2 heterocycles. The number of likely N-dealkylation sites (tertiary alicyclic amines) is 1. The topological polar surface area (TPSA) is 68.6 Å². The monoisotopic (exact) mass is 386 g/mol. The molecule has 1 aliphatic rings. The number of ether oxygens (including phenoxy) is 2. The molecule has 1 saturated heterocycles. The number of hydrogen-bond donors (Lipinski definition) is 1. The summed E-state index contributed by atoms with van der Waals surface area (Å²) in [6.45, 7) is 7.07. The van der Waals surface area contributed by atoms with Gasteiger partial charge in [0.15, 0.2) is 11.5 Å². The third-order valence-corrected chi connectivity index (χ3v) is 5.33. The highest BCUT2D eigenvalue weighted by Gasteiger charge is 2.23. The van der Waals surface area contributed by atoms with Gasteiger partial charge in [-0.3, -0.25) is 4.68 Å². The second-order valence-electron chi connectivity index (χ2n) is 7.39. The molecule has 2 aromatic rings. The molecule has 3 rings (SSSR count). The number of aryl methyl sites for hydroxylation is 2. The maximum atomic E-state index is 12.5. The Bertz CT molecular complexity index is 810. The Morgan fingerprint density at radius 3 is 2.46 bits per heavy atom. The van der Waals surface area contributed by atoms with Gasteiger partial charge in [-0.25, -0.2) is 4.79 Å². The minimum absolute atomic E-state index is 0.0145. The molecule has 2 amide bonds. The van der Waals surface area contributed by atoms with Crippen molar-refractivity contribution >= 4 is 6.03 Å². The van der Waals surface area contributed by atoms with Crippen LogP contribution in [-0.4, -0.2) is 48.0 Å². The van der Waals surface area contributed by atoms with Crippen LogP contribution in [0.5, 0.6) is 11.5 Å². The molecular weight excluding hydrogens is 356 g/mol. The number of carbonyl (C=O) groups excluding carboxylic acids is 1. The fourth-order valence-corrected chi connectivity index (χ4v) is 3.70. The number of hydrogen-bond acceptors (Lipinski definition) is 4. The van der Waals surface area contributed by atoms with E-state index in [1.54, 1.807) is 14.2 Å². The second kappa shape index (κ2) is 8.99. The lowest BCUT2D eigenvalue weighted by Crippen LogP contribution is -2.44. The van der Waals surface area contributed by atoms with E-state index in [1.165, 1.54) is 5.69 Å². The Labute approximate surface area is 166 Å². The van der Waals surface area contributed by atoms with Crippen molar-refractivity contribution < 1.29 is 14.3 Å². The van der Waals surface area contributed by atoms with Gasteiger partial charge in [0.2, 0.25) is 0 Å². The molecule has 0 spiro atoms. The van der Waals surface area contributed by atoms with Crippen molar-refractivity contribution in [3.05, 3.63) is 41.2 Å². The van der Waals surface area contributed by atoms with Gasteiger partial charge >= 0.3 is 6.03 Å². The molecule has 1 aromatic heterocycles. The van der Waals surface area contributed by atoms with Crippen LogP contribution in [-0.2, 0) is 13.1 Å². The predicted molar refractivity (Wildman–Crippen MR) is 108 cm³/mol. The van der Waals surface area contributed by atoms with Crippen LogP contribution in [0.1, 0.15) is 29.8 Å². The van der Waals surface area contributed by atoms with Crippen LogP contribution >= 0.6 is 0 Å². The van der Waals surface area contributed by atoms with Gasteiger partial charge in [-0.15, -0.1) is 0 Å². The van der Waals surface area contributed by atoms with Crippen LogP contribution in [0.2, 0.25) is 0 Å². The number of piperidine rings is 1. The molecule has 0 atom stereocenters. The van der Waals surface area contributed by atoms with Gasteiger partial charge < -0.3 is 19.7 Å². The van der Waals surface area contributed by atoms with Gasteiger partial charge in [-0.2, -0.15) is 5.10 Å². The predicted octanol–water partition coefficient (Wildman–Crippen LogP) is 3.14. The number of nitrogens with zero attached hydrogens (tertiary/aromatic N) is 3. The highest BCUT2D eigenvalue weighted by Crippen LogP contribution is 2.27. The van der Waals surface area contributed by atoms with Crippen LogP contribution in [0.4, 0.5) is 4.79 Å². The second-order valence-corrected chi connectivity index (χ2v) is 7.39. The normalized spacial score (nSPS) is 14.8. The highest BCUT2D eigenvalue weighted by atomic mass is 16.5. The summed E-state index contributed by atoms with van der Waals surface area (Å²) in [6.07, 6.45) is 2.00. The lowest BCUT2D eigenvalue weighted by Gasteiger charge is -2.32. The summed E-state index contributed by atoms with van der Waals surface area (Å²) in [5.41, 5.74) is 3.24. The molecular formula is C21H30N4O3. The van der Waals surface area contributed by atoms with Gasteiger partial charge in [0.25, 0.3) is 0 Å². The van der Waals surface area contributed by atoms with Crippen molar-refractivity contribution in [1.29, 1.82) is 0 Å². The lowest BCUT2D eigenvalue weighted by atomic mass is 9.97. The Morgan fingerprint density at radius 2 is 1.86 bits per heavy atom. The summed E-state index contributed by atoms with van der Waals surface area (Å²) in [7, 11) is 3.22. The van der Waals surface area contributed by atoms with Crippen molar-refractivity contribution in [1.82, 2.24) is 20.0 Å². The quantitative estimate of drug-likeness (QED) is 0.828. The number of amides is 2. The van der Waals surface area contributed by atoms with Gasteiger partial charge in [0.05, 0.1) is 19.9 Å². The number of nitrogens with one attached hydrogen (secondary N) is 1. The molecule has 28 heavy (non-hydrogen) atoms. The van der Waals surface area contributed by atoms with Gasteiger partial charge in [-0.05, 0) is 56.4 Å². The van der Waals surface area contributed by atoms with Crippen LogP contribution in [0.15, 0.2) is 24.3 Å². The summed E-state index contributed by atoms with van der Waals surface area (Å²) in [5.74, 6) is 1.91. The number of benzene rings is 1. The minimum Gasteiger partial charge on any atom is -0.493 e. The van der Waals surface area contributed by atoms with E-state index in [2.05, 4.69) is 28.1 Å². The molecule has 1 N–H and O–H groups in total. The van der Waals surface area contributed by atoms with Gasteiger partial charge in [0, 0.05) is 31.9 Å². The van der Waals surface area contributed by atoms with Crippen molar-refractivity contribution in [2.45, 2.75) is 39.8 Å². The number of aromatic nitrogens is 2. The average molecular weight is 386 g/mol. The lowest BCUT2D eigenvalue weighted by molar-refractivity contribution is 0.163. The van der Waals surface area contributed by atoms with E-state index in [1.807, 2.05) is 30.0 Å². The zero-order valence-electron chi connectivity index (χ0n) is 17.2.